The standard InChI is InChI=1S/C16H25ClFN3/c1-12(11-21-8-6-20(3)7-9-21)19-13(2)15-5-4-14(18)10-16(15)17/h4-5,10,12-13,19H,6-9,11H2,1-3H3/t12-,13-/m0/s1. The zero-order valence-corrected chi connectivity index (χ0v) is 13.8. The number of hydrogen-bond acceptors (Lipinski definition) is 3. The molecule has 5 heteroatoms. The molecule has 0 radical (unpaired) electrons. The minimum atomic E-state index is -0.290. The summed E-state index contributed by atoms with van der Waals surface area (Å²) in [6.07, 6.45) is 0. The Morgan fingerprint density at radius 1 is 1.24 bits per heavy atom. The van der Waals surface area contributed by atoms with E-state index in [1.165, 1.54) is 12.1 Å². The maximum atomic E-state index is 13.1. The van der Waals surface area contributed by atoms with E-state index < -0.39 is 0 Å². The van der Waals surface area contributed by atoms with Crippen LogP contribution in [0.15, 0.2) is 18.2 Å². The molecule has 3 nitrogen and oxygen atoms in total. The molecule has 2 atom stereocenters. The average molecular weight is 314 g/mol. The van der Waals surface area contributed by atoms with E-state index in [9.17, 15) is 4.39 Å². The number of nitrogens with one attached hydrogen (secondary N) is 1. The van der Waals surface area contributed by atoms with Gasteiger partial charge in [-0.15, -0.1) is 0 Å². The predicted molar refractivity (Wildman–Crippen MR) is 86.4 cm³/mol. The minimum Gasteiger partial charge on any atom is -0.306 e. The Morgan fingerprint density at radius 3 is 2.52 bits per heavy atom. The number of hydrogen-bond donors (Lipinski definition) is 1. The van der Waals surface area contributed by atoms with E-state index in [2.05, 4.69) is 36.0 Å². The fourth-order valence-corrected chi connectivity index (χ4v) is 3.17. The lowest BCUT2D eigenvalue weighted by Gasteiger charge is -2.34. The van der Waals surface area contributed by atoms with Gasteiger partial charge in [-0.1, -0.05) is 17.7 Å². The second-order valence-corrected chi connectivity index (χ2v) is 6.47. The van der Waals surface area contributed by atoms with Crippen LogP contribution in [-0.4, -0.2) is 55.6 Å². The van der Waals surface area contributed by atoms with Gasteiger partial charge in [0.15, 0.2) is 0 Å². The quantitative estimate of drug-likeness (QED) is 0.902. The zero-order valence-electron chi connectivity index (χ0n) is 13.1. The third kappa shape index (κ3) is 4.92. The van der Waals surface area contributed by atoms with Crippen LogP contribution < -0.4 is 5.32 Å². The summed E-state index contributed by atoms with van der Waals surface area (Å²) in [7, 11) is 2.16. The summed E-state index contributed by atoms with van der Waals surface area (Å²) in [5, 5.41) is 4.04. The summed E-state index contributed by atoms with van der Waals surface area (Å²) >= 11 is 6.12. The van der Waals surface area contributed by atoms with Crippen LogP contribution in [0.2, 0.25) is 5.02 Å². The van der Waals surface area contributed by atoms with Crippen LogP contribution in [0.5, 0.6) is 0 Å². The number of nitrogens with zero attached hydrogens (tertiary/aromatic N) is 2. The molecular formula is C16H25ClFN3. The Labute approximate surface area is 132 Å². The van der Waals surface area contributed by atoms with Crippen molar-refractivity contribution in [1.29, 1.82) is 0 Å². The molecular weight excluding hydrogens is 289 g/mol. The van der Waals surface area contributed by atoms with Crippen molar-refractivity contribution in [2.75, 3.05) is 39.8 Å². The molecule has 0 spiro atoms. The Kier molecular flexibility index (Phi) is 5.99. The number of likely N-dealkylation sites (N-methyl/N-ethyl adjacent to an activating group) is 1. The van der Waals surface area contributed by atoms with Crippen LogP contribution in [0.4, 0.5) is 4.39 Å². The summed E-state index contributed by atoms with van der Waals surface area (Å²) < 4.78 is 13.1. The number of halogens is 2. The van der Waals surface area contributed by atoms with Gasteiger partial charge in [0, 0.05) is 49.8 Å². The highest BCUT2D eigenvalue weighted by Gasteiger charge is 2.18. The second-order valence-electron chi connectivity index (χ2n) is 6.06. The molecule has 21 heavy (non-hydrogen) atoms. The SMILES string of the molecule is C[C@H](N[C@@H](C)CN1CCN(C)CC1)c1ccc(F)cc1Cl. The Balaban J connectivity index is 1.85. The van der Waals surface area contributed by atoms with Gasteiger partial charge < -0.3 is 10.2 Å². The molecule has 118 valence electrons. The van der Waals surface area contributed by atoms with Gasteiger partial charge in [-0.05, 0) is 38.6 Å². The summed E-state index contributed by atoms with van der Waals surface area (Å²) in [5.41, 5.74) is 0.947. The fourth-order valence-electron chi connectivity index (χ4n) is 2.84. The van der Waals surface area contributed by atoms with Gasteiger partial charge in [-0.2, -0.15) is 0 Å². The topological polar surface area (TPSA) is 18.5 Å². The molecule has 1 saturated heterocycles. The van der Waals surface area contributed by atoms with Gasteiger partial charge in [-0.25, -0.2) is 4.39 Å². The number of benzene rings is 1. The highest BCUT2D eigenvalue weighted by atomic mass is 35.5. The van der Waals surface area contributed by atoms with Crippen LogP contribution in [-0.2, 0) is 0 Å². The van der Waals surface area contributed by atoms with Crippen LogP contribution in [0.25, 0.3) is 0 Å². The molecule has 0 unspecified atom stereocenters. The average Bonchev–Trinajstić information content (AvgIpc) is 2.41. The van der Waals surface area contributed by atoms with Gasteiger partial charge in [0.1, 0.15) is 5.82 Å². The number of piperazine rings is 1. The van der Waals surface area contributed by atoms with E-state index in [-0.39, 0.29) is 11.9 Å². The summed E-state index contributed by atoms with van der Waals surface area (Å²) in [6, 6.07) is 5.08. The third-order valence-electron chi connectivity index (χ3n) is 4.09. The highest BCUT2D eigenvalue weighted by Crippen LogP contribution is 2.24. The molecule has 0 bridgehead atoms. The summed E-state index contributed by atoms with van der Waals surface area (Å²) in [4.78, 5) is 4.84. The van der Waals surface area contributed by atoms with Crippen molar-refractivity contribution in [3.63, 3.8) is 0 Å². The van der Waals surface area contributed by atoms with Gasteiger partial charge in [0.2, 0.25) is 0 Å². The van der Waals surface area contributed by atoms with E-state index in [1.54, 1.807) is 6.07 Å². The molecule has 1 aromatic rings. The van der Waals surface area contributed by atoms with Crippen molar-refractivity contribution in [2.45, 2.75) is 25.9 Å². The van der Waals surface area contributed by atoms with Gasteiger partial charge in [0.25, 0.3) is 0 Å². The lowest BCUT2D eigenvalue weighted by atomic mass is 10.1. The summed E-state index contributed by atoms with van der Waals surface area (Å²) in [6.45, 7) is 9.78. The Bertz CT molecular complexity index is 461. The normalized spacial score (nSPS) is 20.4. The largest absolute Gasteiger partial charge is 0.306 e. The van der Waals surface area contributed by atoms with Gasteiger partial charge >= 0.3 is 0 Å². The molecule has 0 amide bonds. The van der Waals surface area contributed by atoms with Crippen LogP contribution in [0.1, 0.15) is 25.5 Å². The van der Waals surface area contributed by atoms with Crippen LogP contribution in [0, 0.1) is 5.82 Å². The fraction of sp³-hybridized carbons (Fsp3) is 0.625. The molecule has 0 aromatic heterocycles. The monoisotopic (exact) mass is 313 g/mol. The lowest BCUT2D eigenvalue weighted by Crippen LogP contribution is -2.49. The van der Waals surface area contributed by atoms with E-state index in [0.29, 0.717) is 11.1 Å². The predicted octanol–water partition coefficient (Wildman–Crippen LogP) is 2.77. The van der Waals surface area contributed by atoms with Crippen molar-refractivity contribution in [2.24, 2.45) is 0 Å². The van der Waals surface area contributed by atoms with Gasteiger partial charge in [0.05, 0.1) is 0 Å². The molecule has 1 aliphatic heterocycles. The third-order valence-corrected chi connectivity index (χ3v) is 4.42. The Morgan fingerprint density at radius 2 is 1.90 bits per heavy atom. The van der Waals surface area contributed by atoms with Crippen molar-refractivity contribution in [3.8, 4) is 0 Å². The molecule has 0 saturated carbocycles. The van der Waals surface area contributed by atoms with E-state index in [0.717, 1.165) is 38.3 Å². The molecule has 2 rings (SSSR count). The molecule has 1 heterocycles. The van der Waals surface area contributed by atoms with Crippen molar-refractivity contribution in [1.82, 2.24) is 15.1 Å². The molecule has 0 aliphatic carbocycles. The van der Waals surface area contributed by atoms with Crippen LogP contribution in [0.3, 0.4) is 0 Å². The maximum absolute atomic E-state index is 13.1. The first-order valence-corrected chi connectivity index (χ1v) is 7.95. The first kappa shape index (κ1) is 16.7. The number of rotatable bonds is 5. The molecule has 1 fully saturated rings. The van der Waals surface area contributed by atoms with Crippen molar-refractivity contribution >= 4 is 11.6 Å². The Hall–Kier alpha value is -0.680. The molecule has 1 aliphatic rings. The lowest BCUT2D eigenvalue weighted by molar-refractivity contribution is 0.142. The van der Waals surface area contributed by atoms with E-state index in [1.807, 2.05) is 0 Å². The van der Waals surface area contributed by atoms with Gasteiger partial charge in [-0.3, -0.25) is 4.90 Å². The smallest absolute Gasteiger partial charge is 0.124 e. The van der Waals surface area contributed by atoms with E-state index >= 15 is 0 Å². The van der Waals surface area contributed by atoms with Crippen molar-refractivity contribution < 1.29 is 4.39 Å². The first-order chi connectivity index (χ1) is 9.95. The minimum absolute atomic E-state index is 0.112. The highest BCUT2D eigenvalue weighted by molar-refractivity contribution is 6.31. The molecule has 1 aromatic carbocycles. The zero-order chi connectivity index (χ0) is 15.4. The first-order valence-electron chi connectivity index (χ1n) is 7.57. The summed E-state index contributed by atoms with van der Waals surface area (Å²) in [5.74, 6) is -0.290. The molecule has 1 N–H and O–H groups in total. The second kappa shape index (κ2) is 7.54. The van der Waals surface area contributed by atoms with Crippen molar-refractivity contribution in [3.05, 3.63) is 34.6 Å². The van der Waals surface area contributed by atoms with Crippen LogP contribution >= 0.6 is 11.6 Å². The maximum Gasteiger partial charge on any atom is 0.124 e. The van der Waals surface area contributed by atoms with E-state index in [4.69, 9.17) is 11.6 Å².